The molecule has 3 rings (SSSR count). The SMILES string of the molecule is CC(CC(=O)NCc1ccccc1N1CCOCC1)C1CCNCC1. The summed E-state index contributed by atoms with van der Waals surface area (Å²) in [7, 11) is 0. The second-order valence-corrected chi connectivity index (χ2v) is 7.27. The summed E-state index contributed by atoms with van der Waals surface area (Å²) in [5.41, 5.74) is 2.41. The van der Waals surface area contributed by atoms with E-state index in [1.54, 1.807) is 0 Å². The van der Waals surface area contributed by atoms with Gasteiger partial charge in [-0.1, -0.05) is 25.1 Å². The molecular formula is C20H31N3O2. The molecule has 2 aliphatic rings. The highest BCUT2D eigenvalue weighted by molar-refractivity contribution is 5.76. The minimum atomic E-state index is 0.169. The van der Waals surface area contributed by atoms with Crippen LogP contribution >= 0.6 is 0 Å². The minimum absolute atomic E-state index is 0.169. The Morgan fingerprint density at radius 2 is 2.00 bits per heavy atom. The molecular weight excluding hydrogens is 314 g/mol. The van der Waals surface area contributed by atoms with Crippen molar-refractivity contribution in [3.8, 4) is 0 Å². The maximum Gasteiger partial charge on any atom is 0.220 e. The van der Waals surface area contributed by atoms with Crippen LogP contribution in [0.25, 0.3) is 0 Å². The molecule has 2 heterocycles. The number of morpholine rings is 1. The number of ether oxygens (including phenoxy) is 1. The van der Waals surface area contributed by atoms with E-state index in [2.05, 4.69) is 40.7 Å². The molecule has 2 aliphatic heterocycles. The number of nitrogens with one attached hydrogen (secondary N) is 2. The summed E-state index contributed by atoms with van der Waals surface area (Å²) < 4.78 is 5.44. The molecule has 0 bridgehead atoms. The van der Waals surface area contributed by atoms with Crippen molar-refractivity contribution in [1.82, 2.24) is 10.6 Å². The van der Waals surface area contributed by atoms with Gasteiger partial charge < -0.3 is 20.3 Å². The Labute approximate surface area is 151 Å². The number of carbonyl (C=O) groups excluding carboxylic acids is 1. The van der Waals surface area contributed by atoms with Crippen molar-refractivity contribution in [2.75, 3.05) is 44.3 Å². The quantitative estimate of drug-likeness (QED) is 0.830. The van der Waals surface area contributed by atoms with E-state index in [0.29, 0.717) is 24.8 Å². The summed E-state index contributed by atoms with van der Waals surface area (Å²) >= 11 is 0. The van der Waals surface area contributed by atoms with Crippen LogP contribution in [-0.4, -0.2) is 45.3 Å². The molecule has 0 radical (unpaired) electrons. The molecule has 2 fully saturated rings. The Hall–Kier alpha value is -1.59. The van der Waals surface area contributed by atoms with Crippen molar-refractivity contribution in [2.45, 2.75) is 32.7 Å². The zero-order valence-corrected chi connectivity index (χ0v) is 15.3. The number of hydrogen-bond donors (Lipinski definition) is 2. The van der Waals surface area contributed by atoms with Gasteiger partial charge in [0.2, 0.25) is 5.91 Å². The summed E-state index contributed by atoms with van der Waals surface area (Å²) in [6, 6.07) is 8.37. The highest BCUT2D eigenvalue weighted by atomic mass is 16.5. The molecule has 0 aromatic heterocycles. The van der Waals surface area contributed by atoms with Gasteiger partial charge in [-0.25, -0.2) is 0 Å². The molecule has 1 unspecified atom stereocenters. The highest BCUT2D eigenvalue weighted by Crippen LogP contribution is 2.25. The van der Waals surface area contributed by atoms with E-state index in [1.807, 2.05) is 6.07 Å². The average molecular weight is 345 g/mol. The van der Waals surface area contributed by atoms with Gasteiger partial charge in [-0.2, -0.15) is 0 Å². The van der Waals surface area contributed by atoms with E-state index >= 15 is 0 Å². The van der Waals surface area contributed by atoms with E-state index in [-0.39, 0.29) is 5.91 Å². The lowest BCUT2D eigenvalue weighted by Gasteiger charge is -2.31. The molecule has 0 spiro atoms. The van der Waals surface area contributed by atoms with E-state index in [1.165, 1.54) is 24.1 Å². The van der Waals surface area contributed by atoms with Crippen LogP contribution in [0.15, 0.2) is 24.3 Å². The Balaban J connectivity index is 1.51. The van der Waals surface area contributed by atoms with Gasteiger partial charge in [0, 0.05) is 31.7 Å². The fraction of sp³-hybridized carbons (Fsp3) is 0.650. The number of benzene rings is 1. The first kappa shape index (κ1) is 18.2. The Bertz CT molecular complexity index is 552. The van der Waals surface area contributed by atoms with Crippen LogP contribution in [-0.2, 0) is 16.1 Å². The van der Waals surface area contributed by atoms with E-state index in [0.717, 1.165) is 39.4 Å². The number of hydrogen-bond acceptors (Lipinski definition) is 4. The van der Waals surface area contributed by atoms with Crippen LogP contribution in [0.4, 0.5) is 5.69 Å². The maximum absolute atomic E-state index is 12.4. The summed E-state index contributed by atoms with van der Waals surface area (Å²) in [4.78, 5) is 14.7. The van der Waals surface area contributed by atoms with Crippen molar-refractivity contribution in [1.29, 1.82) is 0 Å². The predicted molar refractivity (Wildman–Crippen MR) is 101 cm³/mol. The lowest BCUT2D eigenvalue weighted by molar-refractivity contribution is -0.122. The third-order valence-corrected chi connectivity index (χ3v) is 5.52. The minimum Gasteiger partial charge on any atom is -0.378 e. The number of amides is 1. The molecule has 0 saturated carbocycles. The van der Waals surface area contributed by atoms with Crippen LogP contribution < -0.4 is 15.5 Å². The van der Waals surface area contributed by atoms with Gasteiger partial charge in [-0.15, -0.1) is 0 Å². The maximum atomic E-state index is 12.4. The molecule has 1 aromatic carbocycles. The van der Waals surface area contributed by atoms with Crippen LogP contribution in [0.5, 0.6) is 0 Å². The fourth-order valence-electron chi connectivity index (χ4n) is 3.91. The standard InChI is InChI=1S/C20H31N3O2/c1-16(17-6-8-21-9-7-17)14-20(24)22-15-18-4-2-3-5-19(18)23-10-12-25-13-11-23/h2-5,16-17,21H,6-15H2,1H3,(H,22,24). The van der Waals surface area contributed by atoms with Gasteiger partial charge in [0.05, 0.1) is 13.2 Å². The van der Waals surface area contributed by atoms with Gasteiger partial charge in [0.25, 0.3) is 0 Å². The van der Waals surface area contributed by atoms with Gasteiger partial charge >= 0.3 is 0 Å². The van der Waals surface area contributed by atoms with Crippen molar-refractivity contribution in [3.05, 3.63) is 29.8 Å². The van der Waals surface area contributed by atoms with Crippen LogP contribution in [0, 0.1) is 11.8 Å². The molecule has 25 heavy (non-hydrogen) atoms. The number of rotatable bonds is 6. The lowest BCUT2D eigenvalue weighted by atomic mass is 9.84. The first-order valence-corrected chi connectivity index (χ1v) is 9.62. The number of carbonyl (C=O) groups is 1. The molecule has 2 saturated heterocycles. The summed E-state index contributed by atoms with van der Waals surface area (Å²) in [5, 5.41) is 6.53. The van der Waals surface area contributed by atoms with Crippen LogP contribution in [0.2, 0.25) is 0 Å². The summed E-state index contributed by atoms with van der Waals surface area (Å²) in [5.74, 6) is 1.30. The van der Waals surface area contributed by atoms with Crippen molar-refractivity contribution >= 4 is 11.6 Å². The topological polar surface area (TPSA) is 53.6 Å². The second kappa shape index (κ2) is 9.20. The molecule has 5 heteroatoms. The van der Waals surface area contributed by atoms with Crippen LogP contribution in [0.3, 0.4) is 0 Å². The van der Waals surface area contributed by atoms with E-state index < -0.39 is 0 Å². The number of anilines is 1. The molecule has 1 atom stereocenters. The van der Waals surface area contributed by atoms with Gasteiger partial charge in [-0.05, 0) is 49.4 Å². The van der Waals surface area contributed by atoms with E-state index in [9.17, 15) is 4.79 Å². The lowest BCUT2D eigenvalue weighted by Crippen LogP contribution is -2.37. The zero-order valence-electron chi connectivity index (χ0n) is 15.3. The average Bonchev–Trinajstić information content (AvgIpc) is 2.68. The predicted octanol–water partition coefficient (Wildman–Crippen LogP) is 2.17. The van der Waals surface area contributed by atoms with Crippen molar-refractivity contribution in [3.63, 3.8) is 0 Å². The largest absolute Gasteiger partial charge is 0.378 e. The summed E-state index contributed by atoms with van der Waals surface area (Å²) in [6.07, 6.45) is 3.01. The number of para-hydroxylation sites is 1. The third-order valence-electron chi connectivity index (χ3n) is 5.52. The molecule has 1 aromatic rings. The van der Waals surface area contributed by atoms with Gasteiger partial charge in [-0.3, -0.25) is 4.79 Å². The monoisotopic (exact) mass is 345 g/mol. The highest BCUT2D eigenvalue weighted by Gasteiger charge is 2.22. The zero-order chi connectivity index (χ0) is 17.5. The normalized spacial score (nSPS) is 20.3. The van der Waals surface area contributed by atoms with Crippen LogP contribution in [0.1, 0.15) is 31.7 Å². The summed E-state index contributed by atoms with van der Waals surface area (Å²) in [6.45, 7) is 8.37. The van der Waals surface area contributed by atoms with Gasteiger partial charge in [0.1, 0.15) is 0 Å². The second-order valence-electron chi connectivity index (χ2n) is 7.27. The Kier molecular flexibility index (Phi) is 6.70. The first-order chi connectivity index (χ1) is 12.2. The molecule has 1 amide bonds. The number of nitrogens with zero attached hydrogens (tertiary/aromatic N) is 1. The van der Waals surface area contributed by atoms with Gasteiger partial charge in [0.15, 0.2) is 0 Å². The first-order valence-electron chi connectivity index (χ1n) is 9.62. The fourth-order valence-corrected chi connectivity index (χ4v) is 3.91. The van der Waals surface area contributed by atoms with Crippen molar-refractivity contribution in [2.24, 2.45) is 11.8 Å². The smallest absolute Gasteiger partial charge is 0.220 e. The Morgan fingerprint density at radius 1 is 1.28 bits per heavy atom. The van der Waals surface area contributed by atoms with Crippen molar-refractivity contribution < 1.29 is 9.53 Å². The molecule has 2 N–H and O–H groups in total. The van der Waals surface area contributed by atoms with E-state index in [4.69, 9.17) is 4.74 Å². The molecule has 5 nitrogen and oxygen atoms in total. The number of piperidine rings is 1. The Morgan fingerprint density at radius 3 is 2.76 bits per heavy atom. The molecule has 0 aliphatic carbocycles. The third kappa shape index (κ3) is 5.19. The molecule has 138 valence electrons.